The number of aromatic nitrogens is 1. The van der Waals surface area contributed by atoms with Gasteiger partial charge in [0.15, 0.2) is 0 Å². The third-order valence-electron chi connectivity index (χ3n) is 12.2. The molecule has 0 fully saturated rings. The van der Waals surface area contributed by atoms with Crippen molar-refractivity contribution in [2.45, 2.75) is 0 Å². The van der Waals surface area contributed by atoms with Gasteiger partial charge < -0.3 is 13.9 Å². The van der Waals surface area contributed by atoms with Gasteiger partial charge in [0.05, 0.1) is 22.4 Å². The van der Waals surface area contributed by atoms with Crippen LogP contribution in [0.5, 0.6) is 0 Å². The van der Waals surface area contributed by atoms with E-state index < -0.39 is 0 Å². The minimum Gasteiger partial charge on any atom is -0.456 e. The lowest BCUT2D eigenvalue weighted by Gasteiger charge is -2.27. The monoisotopic (exact) mass is 778 g/mol. The number of hydrogen-bond donors (Lipinski definition) is 0. The highest BCUT2D eigenvalue weighted by molar-refractivity contribution is 6.10. The molecule has 2 heterocycles. The summed E-state index contributed by atoms with van der Waals surface area (Å²) in [4.78, 5) is 2.38. The second kappa shape index (κ2) is 14.3. The number of furan rings is 1. The van der Waals surface area contributed by atoms with Crippen LogP contribution in [0.4, 0.5) is 17.1 Å². The van der Waals surface area contributed by atoms with Crippen LogP contribution in [0.3, 0.4) is 0 Å². The van der Waals surface area contributed by atoms with Crippen molar-refractivity contribution in [3.8, 4) is 39.1 Å². The van der Waals surface area contributed by atoms with Crippen molar-refractivity contribution in [1.82, 2.24) is 4.57 Å². The van der Waals surface area contributed by atoms with Crippen molar-refractivity contribution in [3.05, 3.63) is 231 Å². The number of fused-ring (bicyclic) bond motifs is 7. The molecule has 0 saturated heterocycles. The zero-order valence-corrected chi connectivity index (χ0v) is 33.2. The van der Waals surface area contributed by atoms with Gasteiger partial charge in [-0.15, -0.1) is 0 Å². The molecule has 0 spiro atoms. The van der Waals surface area contributed by atoms with Gasteiger partial charge in [0, 0.05) is 43.9 Å². The molecule has 3 nitrogen and oxygen atoms in total. The number of rotatable bonds is 7. The molecule has 2 aromatic heterocycles. The Balaban J connectivity index is 0.924. The Morgan fingerprint density at radius 1 is 0.328 bits per heavy atom. The molecule has 286 valence electrons. The second-order valence-electron chi connectivity index (χ2n) is 15.7. The van der Waals surface area contributed by atoms with E-state index in [4.69, 9.17) is 4.42 Å². The molecule has 0 unspecified atom stereocenters. The first kappa shape index (κ1) is 34.9. The zero-order chi connectivity index (χ0) is 40.3. The summed E-state index contributed by atoms with van der Waals surface area (Å²) in [6.45, 7) is 0. The fourth-order valence-electron chi connectivity index (χ4n) is 9.30. The lowest BCUT2D eigenvalue weighted by molar-refractivity contribution is 0.669. The van der Waals surface area contributed by atoms with Crippen LogP contribution in [0.25, 0.3) is 93.6 Å². The first-order chi connectivity index (χ1) is 30.2. The van der Waals surface area contributed by atoms with Gasteiger partial charge in [-0.1, -0.05) is 158 Å². The van der Waals surface area contributed by atoms with Crippen LogP contribution in [-0.2, 0) is 0 Å². The SMILES string of the molecule is c1cc(-c2ccc(N(c3ccc(-c4ccccc4-n4c5ccccc5c5ccccc54)cc3)c3cccc4ccccc34)cc2)cc(-c2ccc3c(c2)oc2ccccc23)c1. The Labute approximate surface area is 353 Å². The summed E-state index contributed by atoms with van der Waals surface area (Å²) in [5.41, 5.74) is 15.6. The number of nitrogens with zero attached hydrogens (tertiary/aromatic N) is 2. The van der Waals surface area contributed by atoms with Crippen LogP contribution in [0.2, 0.25) is 0 Å². The quantitative estimate of drug-likeness (QED) is 0.161. The predicted octanol–water partition coefficient (Wildman–Crippen LogP) is 16.3. The minimum absolute atomic E-state index is 0.905. The Kier molecular flexibility index (Phi) is 8.17. The molecule has 0 aliphatic rings. The number of para-hydroxylation sites is 4. The smallest absolute Gasteiger partial charge is 0.136 e. The van der Waals surface area contributed by atoms with Crippen molar-refractivity contribution in [1.29, 1.82) is 0 Å². The van der Waals surface area contributed by atoms with Gasteiger partial charge >= 0.3 is 0 Å². The van der Waals surface area contributed by atoms with Crippen molar-refractivity contribution in [2.24, 2.45) is 0 Å². The summed E-state index contributed by atoms with van der Waals surface area (Å²) in [5, 5.41) is 7.20. The van der Waals surface area contributed by atoms with Gasteiger partial charge in [-0.2, -0.15) is 0 Å². The van der Waals surface area contributed by atoms with Crippen molar-refractivity contribution >= 4 is 71.6 Å². The van der Waals surface area contributed by atoms with E-state index in [1.165, 1.54) is 38.1 Å². The highest BCUT2D eigenvalue weighted by atomic mass is 16.3. The first-order valence-electron chi connectivity index (χ1n) is 20.8. The molecule has 12 rings (SSSR count). The Morgan fingerprint density at radius 3 is 1.61 bits per heavy atom. The van der Waals surface area contributed by atoms with Gasteiger partial charge in [0.1, 0.15) is 11.2 Å². The van der Waals surface area contributed by atoms with Crippen LogP contribution < -0.4 is 4.90 Å². The Morgan fingerprint density at radius 2 is 0.852 bits per heavy atom. The van der Waals surface area contributed by atoms with Crippen LogP contribution in [0.15, 0.2) is 235 Å². The summed E-state index contributed by atoms with van der Waals surface area (Å²) >= 11 is 0. The zero-order valence-electron chi connectivity index (χ0n) is 33.2. The highest BCUT2D eigenvalue weighted by Crippen LogP contribution is 2.42. The first-order valence-corrected chi connectivity index (χ1v) is 20.8. The largest absolute Gasteiger partial charge is 0.456 e. The molecular weight excluding hydrogens is 741 g/mol. The highest BCUT2D eigenvalue weighted by Gasteiger charge is 2.18. The molecule has 12 aromatic rings. The lowest BCUT2D eigenvalue weighted by Crippen LogP contribution is -2.10. The molecule has 61 heavy (non-hydrogen) atoms. The summed E-state index contributed by atoms with van der Waals surface area (Å²) in [6.07, 6.45) is 0. The van der Waals surface area contributed by atoms with Crippen molar-refractivity contribution < 1.29 is 4.42 Å². The third-order valence-corrected chi connectivity index (χ3v) is 12.2. The van der Waals surface area contributed by atoms with Gasteiger partial charge in [-0.25, -0.2) is 0 Å². The van der Waals surface area contributed by atoms with Crippen molar-refractivity contribution in [2.75, 3.05) is 4.90 Å². The van der Waals surface area contributed by atoms with Gasteiger partial charge in [0.2, 0.25) is 0 Å². The van der Waals surface area contributed by atoms with Crippen molar-refractivity contribution in [3.63, 3.8) is 0 Å². The molecule has 0 amide bonds. The molecular formula is C58H38N2O. The fraction of sp³-hybridized carbons (Fsp3) is 0. The van der Waals surface area contributed by atoms with E-state index in [1.807, 2.05) is 12.1 Å². The minimum atomic E-state index is 0.905. The van der Waals surface area contributed by atoms with Crippen LogP contribution in [0.1, 0.15) is 0 Å². The maximum atomic E-state index is 6.24. The molecule has 0 N–H and O–H groups in total. The van der Waals surface area contributed by atoms with E-state index in [-0.39, 0.29) is 0 Å². The fourth-order valence-corrected chi connectivity index (χ4v) is 9.30. The van der Waals surface area contributed by atoms with E-state index in [0.29, 0.717) is 0 Å². The lowest BCUT2D eigenvalue weighted by atomic mass is 9.98. The van der Waals surface area contributed by atoms with E-state index >= 15 is 0 Å². The Bertz CT molecular complexity index is 3530. The molecule has 0 bridgehead atoms. The molecule has 0 aliphatic carbocycles. The van der Waals surface area contributed by atoms with E-state index in [2.05, 4.69) is 228 Å². The number of anilines is 3. The topological polar surface area (TPSA) is 21.3 Å². The average molecular weight is 779 g/mol. The molecule has 0 saturated carbocycles. The maximum absolute atomic E-state index is 6.24. The summed E-state index contributed by atoms with van der Waals surface area (Å²) in [7, 11) is 0. The summed E-state index contributed by atoms with van der Waals surface area (Å²) in [6, 6.07) is 83.0. The van der Waals surface area contributed by atoms with E-state index in [0.717, 1.165) is 72.5 Å². The molecule has 3 heteroatoms. The van der Waals surface area contributed by atoms with Gasteiger partial charge in [-0.05, 0) is 106 Å². The van der Waals surface area contributed by atoms with Crippen LogP contribution in [0, 0.1) is 0 Å². The molecule has 10 aromatic carbocycles. The van der Waals surface area contributed by atoms with Gasteiger partial charge in [-0.3, -0.25) is 0 Å². The molecule has 0 atom stereocenters. The van der Waals surface area contributed by atoms with E-state index in [9.17, 15) is 0 Å². The Hall–Kier alpha value is -8.14. The molecule has 0 aliphatic heterocycles. The predicted molar refractivity (Wildman–Crippen MR) is 257 cm³/mol. The molecule has 0 radical (unpaired) electrons. The van der Waals surface area contributed by atoms with Crippen LogP contribution in [-0.4, -0.2) is 4.57 Å². The summed E-state index contributed by atoms with van der Waals surface area (Å²) in [5.74, 6) is 0. The van der Waals surface area contributed by atoms with Gasteiger partial charge in [0.25, 0.3) is 0 Å². The normalized spacial score (nSPS) is 11.6. The third kappa shape index (κ3) is 5.90. The van der Waals surface area contributed by atoms with Crippen LogP contribution >= 0.6 is 0 Å². The number of benzene rings is 10. The average Bonchev–Trinajstić information content (AvgIpc) is 3.88. The summed E-state index contributed by atoms with van der Waals surface area (Å²) < 4.78 is 8.65. The second-order valence-corrected chi connectivity index (χ2v) is 15.7. The standard InChI is InChI=1S/C58H38N2O/c1-2-17-47-40(13-1)14-12-25-53(47)59(45-32-27-39(28-33-45)42-15-11-16-43(37-42)44-31-36-52-51-21-6-10-26-57(51)61-58(52)38-44)46-34-29-41(30-35-46)48-18-3-7-22-54(48)60-55-23-8-4-19-49(55)50-20-5-9-24-56(50)60/h1-38H. The number of hydrogen-bond acceptors (Lipinski definition) is 2. The van der Waals surface area contributed by atoms with E-state index in [1.54, 1.807) is 0 Å². The maximum Gasteiger partial charge on any atom is 0.136 e.